The molecule has 0 aliphatic rings. The molecule has 0 aliphatic heterocycles. The first-order valence-electron chi connectivity index (χ1n) is 4.83. The second kappa shape index (κ2) is 6.74. The van der Waals surface area contributed by atoms with Gasteiger partial charge in [0.2, 0.25) is 0 Å². The largest absolute Gasteiger partial charge is 0.494 e. The van der Waals surface area contributed by atoms with Gasteiger partial charge in [0, 0.05) is 17.3 Å². The summed E-state index contributed by atoms with van der Waals surface area (Å²) >= 11 is 1.76. The lowest BCUT2D eigenvalue weighted by molar-refractivity contribution is 0.296. The predicted octanol–water partition coefficient (Wildman–Crippen LogP) is 2.56. The van der Waals surface area contributed by atoms with Crippen LogP contribution in [0.5, 0.6) is 5.75 Å². The van der Waals surface area contributed by atoms with Crippen molar-refractivity contribution in [1.29, 1.82) is 0 Å². The number of rotatable bonds is 6. The molecule has 1 rings (SSSR count). The van der Waals surface area contributed by atoms with Gasteiger partial charge in [-0.2, -0.15) is 0 Å². The third-order valence-electron chi connectivity index (χ3n) is 1.71. The third kappa shape index (κ3) is 4.03. The van der Waals surface area contributed by atoms with Gasteiger partial charge in [0.15, 0.2) is 0 Å². The van der Waals surface area contributed by atoms with E-state index in [4.69, 9.17) is 9.84 Å². The highest BCUT2D eigenvalue weighted by Crippen LogP contribution is 2.21. The van der Waals surface area contributed by atoms with E-state index in [-0.39, 0.29) is 6.61 Å². The first kappa shape index (κ1) is 11.4. The zero-order valence-corrected chi connectivity index (χ0v) is 9.22. The van der Waals surface area contributed by atoms with Crippen LogP contribution < -0.4 is 4.74 Å². The van der Waals surface area contributed by atoms with E-state index in [9.17, 15) is 0 Å². The van der Waals surface area contributed by atoms with Crippen LogP contribution in [0.25, 0.3) is 0 Å². The predicted molar refractivity (Wildman–Crippen MR) is 60.0 cm³/mol. The van der Waals surface area contributed by atoms with E-state index in [1.54, 1.807) is 11.8 Å². The molecule has 2 nitrogen and oxygen atoms in total. The minimum atomic E-state index is 0.268. The van der Waals surface area contributed by atoms with E-state index in [0.29, 0.717) is 6.61 Å². The summed E-state index contributed by atoms with van der Waals surface area (Å²) in [6.45, 7) is 2.95. The highest BCUT2D eigenvalue weighted by atomic mass is 32.2. The molecule has 0 aliphatic carbocycles. The summed E-state index contributed by atoms with van der Waals surface area (Å²) in [5, 5.41) is 8.63. The van der Waals surface area contributed by atoms with E-state index in [1.807, 2.05) is 31.2 Å². The molecule has 0 heterocycles. The number of aliphatic hydroxyl groups is 1. The summed E-state index contributed by atoms with van der Waals surface area (Å²) in [7, 11) is 0. The van der Waals surface area contributed by atoms with Gasteiger partial charge in [-0.15, -0.1) is 11.8 Å². The van der Waals surface area contributed by atoms with Crippen molar-refractivity contribution in [3.05, 3.63) is 24.3 Å². The Balaban J connectivity index is 2.38. The van der Waals surface area contributed by atoms with Gasteiger partial charge in [-0.25, -0.2) is 0 Å². The lowest BCUT2D eigenvalue weighted by Gasteiger charge is -2.04. The van der Waals surface area contributed by atoms with E-state index >= 15 is 0 Å². The maximum Gasteiger partial charge on any atom is 0.119 e. The van der Waals surface area contributed by atoms with Crippen molar-refractivity contribution < 1.29 is 9.84 Å². The zero-order valence-electron chi connectivity index (χ0n) is 8.40. The molecule has 3 heteroatoms. The lowest BCUT2D eigenvalue weighted by atomic mass is 10.3. The van der Waals surface area contributed by atoms with Crippen molar-refractivity contribution in [2.45, 2.75) is 18.2 Å². The molecule has 0 spiro atoms. The van der Waals surface area contributed by atoms with E-state index in [0.717, 1.165) is 17.9 Å². The summed E-state index contributed by atoms with van der Waals surface area (Å²) in [5.41, 5.74) is 0. The Labute approximate surface area is 89.3 Å². The minimum absolute atomic E-state index is 0.268. The minimum Gasteiger partial charge on any atom is -0.494 e. The molecule has 1 aromatic carbocycles. The molecule has 14 heavy (non-hydrogen) atoms. The van der Waals surface area contributed by atoms with Crippen LogP contribution >= 0.6 is 11.8 Å². The smallest absolute Gasteiger partial charge is 0.119 e. The fourth-order valence-electron chi connectivity index (χ4n) is 1.05. The van der Waals surface area contributed by atoms with Crippen LogP contribution in [0.2, 0.25) is 0 Å². The SMILES string of the molecule is CCOc1ccc(SCCCO)cc1. The van der Waals surface area contributed by atoms with Crippen LogP contribution in [0.1, 0.15) is 13.3 Å². The van der Waals surface area contributed by atoms with Crippen LogP contribution in [0.3, 0.4) is 0 Å². The number of hydrogen-bond donors (Lipinski definition) is 1. The molecule has 0 atom stereocenters. The molecule has 0 aromatic heterocycles. The third-order valence-corrected chi connectivity index (χ3v) is 2.80. The molecule has 78 valence electrons. The van der Waals surface area contributed by atoms with Crippen LogP contribution in [0, 0.1) is 0 Å². The molecule has 0 bridgehead atoms. The standard InChI is InChI=1S/C11H16O2S/c1-2-13-10-4-6-11(7-5-10)14-9-3-8-12/h4-7,12H,2-3,8-9H2,1H3. The van der Waals surface area contributed by atoms with Gasteiger partial charge in [-0.3, -0.25) is 0 Å². The molecule has 0 unspecified atom stereocenters. The molecule has 1 aromatic rings. The Kier molecular flexibility index (Phi) is 5.49. The second-order valence-corrected chi connectivity index (χ2v) is 4.00. The molecular weight excluding hydrogens is 196 g/mol. The van der Waals surface area contributed by atoms with E-state index < -0.39 is 0 Å². The van der Waals surface area contributed by atoms with Crippen molar-refractivity contribution >= 4 is 11.8 Å². The number of thioether (sulfide) groups is 1. The van der Waals surface area contributed by atoms with Crippen molar-refractivity contribution in [3.63, 3.8) is 0 Å². The van der Waals surface area contributed by atoms with Gasteiger partial charge in [-0.1, -0.05) is 0 Å². The summed E-state index contributed by atoms with van der Waals surface area (Å²) in [5.74, 6) is 1.88. The Morgan fingerprint density at radius 1 is 1.29 bits per heavy atom. The topological polar surface area (TPSA) is 29.5 Å². The number of aliphatic hydroxyl groups excluding tert-OH is 1. The Morgan fingerprint density at radius 3 is 2.57 bits per heavy atom. The number of benzene rings is 1. The molecule has 0 fully saturated rings. The highest BCUT2D eigenvalue weighted by Gasteiger charge is 1.95. The van der Waals surface area contributed by atoms with Gasteiger partial charge < -0.3 is 9.84 Å². The quantitative estimate of drug-likeness (QED) is 0.580. The van der Waals surface area contributed by atoms with Crippen molar-refractivity contribution in [3.8, 4) is 5.75 Å². The van der Waals surface area contributed by atoms with Crippen molar-refractivity contribution in [2.75, 3.05) is 19.0 Å². The summed E-state index contributed by atoms with van der Waals surface area (Å²) in [6.07, 6.45) is 0.845. The van der Waals surface area contributed by atoms with Crippen LogP contribution in [-0.2, 0) is 0 Å². The molecule has 0 saturated heterocycles. The molecular formula is C11H16O2S. The zero-order chi connectivity index (χ0) is 10.2. The number of ether oxygens (including phenoxy) is 1. The second-order valence-electron chi connectivity index (χ2n) is 2.83. The summed E-state index contributed by atoms with van der Waals surface area (Å²) in [6, 6.07) is 8.05. The summed E-state index contributed by atoms with van der Waals surface area (Å²) in [4.78, 5) is 1.22. The van der Waals surface area contributed by atoms with E-state index in [1.165, 1.54) is 4.90 Å². The van der Waals surface area contributed by atoms with E-state index in [2.05, 4.69) is 0 Å². The van der Waals surface area contributed by atoms with Crippen molar-refractivity contribution in [1.82, 2.24) is 0 Å². The first-order chi connectivity index (χ1) is 6.86. The average Bonchev–Trinajstić information content (AvgIpc) is 2.21. The fraction of sp³-hybridized carbons (Fsp3) is 0.455. The van der Waals surface area contributed by atoms with Gasteiger partial charge in [-0.05, 0) is 37.6 Å². The molecule has 0 radical (unpaired) electrons. The Hall–Kier alpha value is -0.670. The summed E-state index contributed by atoms with van der Waals surface area (Å²) < 4.78 is 5.34. The molecule has 1 N–H and O–H groups in total. The first-order valence-corrected chi connectivity index (χ1v) is 5.82. The Morgan fingerprint density at radius 2 is 2.00 bits per heavy atom. The van der Waals surface area contributed by atoms with Crippen molar-refractivity contribution in [2.24, 2.45) is 0 Å². The van der Waals surface area contributed by atoms with Gasteiger partial charge in [0.1, 0.15) is 5.75 Å². The normalized spacial score (nSPS) is 10.1. The van der Waals surface area contributed by atoms with Crippen LogP contribution in [0.15, 0.2) is 29.2 Å². The van der Waals surface area contributed by atoms with Crippen LogP contribution in [0.4, 0.5) is 0 Å². The molecule has 0 saturated carbocycles. The highest BCUT2D eigenvalue weighted by molar-refractivity contribution is 7.99. The molecule has 0 amide bonds. The average molecular weight is 212 g/mol. The van der Waals surface area contributed by atoms with Gasteiger partial charge in [0.25, 0.3) is 0 Å². The maximum atomic E-state index is 8.63. The van der Waals surface area contributed by atoms with Gasteiger partial charge in [0.05, 0.1) is 6.61 Å². The fourth-order valence-corrected chi connectivity index (χ4v) is 1.89. The Bertz CT molecular complexity index is 246. The monoisotopic (exact) mass is 212 g/mol. The lowest BCUT2D eigenvalue weighted by Crippen LogP contribution is -1.90. The maximum absolute atomic E-state index is 8.63. The van der Waals surface area contributed by atoms with Crippen LogP contribution in [-0.4, -0.2) is 24.1 Å². The van der Waals surface area contributed by atoms with Gasteiger partial charge >= 0.3 is 0 Å². The number of hydrogen-bond acceptors (Lipinski definition) is 3.